The summed E-state index contributed by atoms with van der Waals surface area (Å²) in [7, 11) is 0. The number of rotatable bonds is 1. The Morgan fingerprint density at radius 1 is 1.38 bits per heavy atom. The molecule has 0 nitrogen and oxygen atoms in total. The molecule has 0 fully saturated rings. The van der Waals surface area contributed by atoms with Crippen molar-refractivity contribution in [2.45, 2.75) is 6.18 Å². The first kappa shape index (κ1) is 8.01. The number of halogens is 4. The average Bonchev–Trinajstić information content (AvgIpc) is 1.59. The summed E-state index contributed by atoms with van der Waals surface area (Å²) in [6.07, 6.45) is -2.96. The zero-order valence-electron chi connectivity index (χ0n) is 3.87. The van der Waals surface area contributed by atoms with Crippen molar-refractivity contribution in [1.82, 2.24) is 0 Å². The van der Waals surface area contributed by atoms with Gasteiger partial charge in [0.1, 0.15) is 0 Å². The van der Waals surface area contributed by atoms with Gasteiger partial charge < -0.3 is 0 Å². The Morgan fingerprint density at radius 3 is 2.00 bits per heavy atom. The molecule has 48 valence electrons. The van der Waals surface area contributed by atoms with Crippen molar-refractivity contribution in [3.8, 4) is 0 Å². The molecule has 8 heavy (non-hydrogen) atoms. The number of allylic oxidation sites excluding steroid dienone is 2. The highest BCUT2D eigenvalue weighted by Gasteiger charge is 2.21. The Hall–Kier alpha value is 0.01000. The summed E-state index contributed by atoms with van der Waals surface area (Å²) in [5, 5.41) is 0.243. The highest BCUT2D eigenvalue weighted by molar-refractivity contribution is 9.09. The quantitative estimate of drug-likeness (QED) is 0.439. The fraction of sp³-hybridized carbons (Fsp3) is 0.500. The zero-order valence-corrected chi connectivity index (χ0v) is 5.46. The fourth-order valence-electron chi connectivity index (χ4n) is 0.178. The van der Waals surface area contributed by atoms with E-state index in [1.54, 1.807) is 0 Å². The van der Waals surface area contributed by atoms with Crippen molar-refractivity contribution < 1.29 is 13.2 Å². The van der Waals surface area contributed by atoms with Gasteiger partial charge in [-0.25, -0.2) is 0 Å². The van der Waals surface area contributed by atoms with Gasteiger partial charge in [-0.2, -0.15) is 13.2 Å². The molecule has 0 N–H and O–H groups in total. The molecule has 0 unspecified atom stereocenters. The van der Waals surface area contributed by atoms with Crippen LogP contribution in [-0.2, 0) is 0 Å². The molecule has 0 aliphatic heterocycles. The first-order chi connectivity index (χ1) is 3.56. The van der Waals surface area contributed by atoms with Crippen molar-refractivity contribution in [3.05, 3.63) is 12.2 Å². The molecule has 0 saturated heterocycles. The van der Waals surface area contributed by atoms with E-state index in [9.17, 15) is 13.2 Å². The third-order valence-electron chi connectivity index (χ3n) is 0.396. The van der Waals surface area contributed by atoms with Crippen LogP contribution in [0.1, 0.15) is 0 Å². The predicted molar refractivity (Wildman–Crippen MR) is 29.0 cm³/mol. The molecule has 0 aromatic carbocycles. The molecular formula is C4H4BrF3. The summed E-state index contributed by atoms with van der Waals surface area (Å²) < 4.78 is 33.4. The van der Waals surface area contributed by atoms with E-state index in [1.165, 1.54) is 0 Å². The standard InChI is InChI=1S/C4H4BrF3/c5-3-1-2-4(6,7)8/h1-2H,3H2. The molecule has 0 heterocycles. The van der Waals surface area contributed by atoms with Crippen molar-refractivity contribution >= 4 is 15.9 Å². The van der Waals surface area contributed by atoms with Gasteiger partial charge >= 0.3 is 6.18 Å². The van der Waals surface area contributed by atoms with Crippen LogP contribution in [-0.4, -0.2) is 11.5 Å². The average molecular weight is 189 g/mol. The summed E-state index contributed by atoms with van der Waals surface area (Å²) in [4.78, 5) is 0. The Labute approximate surface area is 53.5 Å². The molecule has 0 rings (SSSR count). The lowest BCUT2D eigenvalue weighted by Gasteiger charge is -1.94. The molecule has 0 aromatic heterocycles. The van der Waals surface area contributed by atoms with E-state index < -0.39 is 6.18 Å². The molecule has 0 bridgehead atoms. The van der Waals surface area contributed by atoms with E-state index in [4.69, 9.17) is 0 Å². The van der Waals surface area contributed by atoms with Crippen LogP contribution in [0.2, 0.25) is 0 Å². The highest BCUT2D eigenvalue weighted by Crippen LogP contribution is 2.15. The molecular weight excluding hydrogens is 185 g/mol. The largest absolute Gasteiger partial charge is 0.409 e. The van der Waals surface area contributed by atoms with Crippen LogP contribution in [0, 0.1) is 0 Å². The molecule has 0 spiro atoms. The van der Waals surface area contributed by atoms with E-state index >= 15 is 0 Å². The molecule has 0 atom stereocenters. The topological polar surface area (TPSA) is 0 Å². The van der Waals surface area contributed by atoms with Gasteiger partial charge in [0.15, 0.2) is 0 Å². The summed E-state index contributed by atoms with van der Waals surface area (Å²) >= 11 is 2.82. The maximum atomic E-state index is 11.1. The van der Waals surface area contributed by atoms with E-state index in [2.05, 4.69) is 15.9 Å². The number of hydrogen-bond acceptors (Lipinski definition) is 0. The Morgan fingerprint density at radius 2 is 1.88 bits per heavy atom. The summed E-state index contributed by atoms with van der Waals surface area (Å²) in [6, 6.07) is 0. The molecule has 0 amide bonds. The second-order valence-electron chi connectivity index (χ2n) is 1.10. The van der Waals surface area contributed by atoms with Gasteiger partial charge in [0.2, 0.25) is 0 Å². The molecule has 0 aliphatic rings. The van der Waals surface area contributed by atoms with Gasteiger partial charge in [0, 0.05) is 11.4 Å². The third kappa shape index (κ3) is 6.01. The van der Waals surface area contributed by atoms with Gasteiger partial charge in [-0.3, -0.25) is 0 Å². The normalized spacial score (nSPS) is 13.0. The van der Waals surface area contributed by atoms with E-state index in [-0.39, 0.29) is 11.4 Å². The lowest BCUT2D eigenvalue weighted by molar-refractivity contribution is -0.0799. The maximum absolute atomic E-state index is 11.1. The van der Waals surface area contributed by atoms with Crippen molar-refractivity contribution in [1.29, 1.82) is 0 Å². The number of hydrogen-bond donors (Lipinski definition) is 0. The monoisotopic (exact) mass is 188 g/mol. The second-order valence-corrected chi connectivity index (χ2v) is 1.75. The van der Waals surface area contributed by atoms with Crippen LogP contribution in [0.15, 0.2) is 12.2 Å². The van der Waals surface area contributed by atoms with Gasteiger partial charge in [-0.15, -0.1) is 0 Å². The van der Waals surface area contributed by atoms with E-state index in [0.717, 1.165) is 6.08 Å². The Balaban J connectivity index is 3.52. The second kappa shape index (κ2) is 3.12. The Bertz CT molecular complexity index is 83.8. The van der Waals surface area contributed by atoms with Crippen molar-refractivity contribution in [2.75, 3.05) is 5.33 Å². The smallest absolute Gasteiger partial charge is 0.167 e. The van der Waals surface area contributed by atoms with Gasteiger partial charge in [0.25, 0.3) is 0 Å². The SMILES string of the molecule is FC(F)(F)C=CCBr. The summed E-state index contributed by atoms with van der Waals surface area (Å²) in [6.45, 7) is 0. The lowest BCUT2D eigenvalue weighted by atomic mass is 10.5. The van der Waals surface area contributed by atoms with Crippen molar-refractivity contribution in [2.24, 2.45) is 0 Å². The minimum atomic E-state index is -4.16. The van der Waals surface area contributed by atoms with Crippen LogP contribution < -0.4 is 0 Å². The van der Waals surface area contributed by atoms with Gasteiger partial charge in [-0.1, -0.05) is 22.0 Å². The third-order valence-corrected chi connectivity index (χ3v) is 0.770. The van der Waals surface area contributed by atoms with Gasteiger partial charge in [-0.05, 0) is 0 Å². The van der Waals surface area contributed by atoms with Crippen LogP contribution in [0.5, 0.6) is 0 Å². The van der Waals surface area contributed by atoms with Gasteiger partial charge in [0.05, 0.1) is 0 Å². The van der Waals surface area contributed by atoms with Crippen LogP contribution in [0.3, 0.4) is 0 Å². The molecule has 0 radical (unpaired) electrons. The minimum Gasteiger partial charge on any atom is -0.167 e. The summed E-state index contributed by atoms with van der Waals surface area (Å²) in [5.41, 5.74) is 0. The van der Waals surface area contributed by atoms with Crippen molar-refractivity contribution in [3.63, 3.8) is 0 Å². The predicted octanol–water partition coefficient (Wildman–Crippen LogP) is 2.50. The first-order valence-electron chi connectivity index (χ1n) is 1.86. The minimum absolute atomic E-state index is 0.196. The molecule has 0 aliphatic carbocycles. The Kier molecular flexibility index (Phi) is 3.12. The summed E-state index contributed by atoms with van der Waals surface area (Å²) in [5.74, 6) is 0. The highest BCUT2D eigenvalue weighted by atomic mass is 79.9. The van der Waals surface area contributed by atoms with Crippen LogP contribution >= 0.6 is 15.9 Å². The maximum Gasteiger partial charge on any atom is 0.409 e. The fourth-order valence-corrected chi connectivity index (χ4v) is 0.365. The van der Waals surface area contributed by atoms with Crippen LogP contribution in [0.4, 0.5) is 13.2 Å². The first-order valence-corrected chi connectivity index (χ1v) is 2.99. The number of alkyl halides is 4. The zero-order chi connectivity index (χ0) is 6.62. The molecule has 0 aromatic rings. The molecule has 0 saturated carbocycles. The van der Waals surface area contributed by atoms with E-state index in [0.29, 0.717) is 0 Å². The van der Waals surface area contributed by atoms with Crippen LogP contribution in [0.25, 0.3) is 0 Å². The molecule has 4 heteroatoms. The lowest BCUT2D eigenvalue weighted by Crippen LogP contribution is -2.00. The van der Waals surface area contributed by atoms with E-state index in [1.807, 2.05) is 0 Å².